The summed E-state index contributed by atoms with van der Waals surface area (Å²) in [6, 6.07) is 7.01. The minimum absolute atomic E-state index is 0.110. The van der Waals surface area contributed by atoms with E-state index in [0.29, 0.717) is 12.0 Å². The van der Waals surface area contributed by atoms with Crippen LogP contribution in [0.2, 0.25) is 0 Å². The highest BCUT2D eigenvalue weighted by atomic mass is 35.5. The van der Waals surface area contributed by atoms with Crippen molar-refractivity contribution in [2.45, 2.75) is 11.9 Å². The van der Waals surface area contributed by atoms with E-state index in [1.807, 2.05) is 0 Å². The van der Waals surface area contributed by atoms with Gasteiger partial charge in [-0.15, -0.1) is 12.3 Å². The summed E-state index contributed by atoms with van der Waals surface area (Å²) in [4.78, 5) is 14.6. The molecule has 1 aliphatic rings. The van der Waals surface area contributed by atoms with E-state index in [1.165, 1.54) is 15.8 Å². The molecule has 1 aromatic rings. The van der Waals surface area contributed by atoms with Crippen LogP contribution < -0.4 is 0 Å². The standard InChI is InChI=1S/C13H11Cl2N5O3/c1-2-5-10-6-3-4-7-11(10)12(17-23-20(21)22)13(14)19-9-18(15)8-16-19/h1,3-4,6-8,13H,5,9H2. The lowest BCUT2D eigenvalue weighted by Crippen LogP contribution is -2.35. The molecule has 1 aliphatic heterocycles. The topological polar surface area (TPSA) is 83.6 Å². The van der Waals surface area contributed by atoms with Gasteiger partial charge in [-0.3, -0.25) is 4.42 Å². The van der Waals surface area contributed by atoms with E-state index in [-0.39, 0.29) is 12.4 Å². The number of hydrogen-bond acceptors (Lipinski definition) is 7. The third-order valence-corrected chi connectivity index (χ3v) is 3.51. The first kappa shape index (κ1) is 16.9. The molecule has 1 heterocycles. The highest BCUT2D eigenvalue weighted by Gasteiger charge is 2.31. The van der Waals surface area contributed by atoms with Gasteiger partial charge in [0.1, 0.15) is 13.0 Å². The molecule has 1 unspecified atom stereocenters. The Kier molecular flexibility index (Phi) is 5.62. The van der Waals surface area contributed by atoms with Crippen LogP contribution in [0.5, 0.6) is 0 Å². The molecular formula is C13H11Cl2N5O3. The van der Waals surface area contributed by atoms with E-state index in [1.54, 1.807) is 24.3 Å². The number of oxime groups is 1. The van der Waals surface area contributed by atoms with E-state index >= 15 is 0 Å². The molecule has 1 atom stereocenters. The maximum absolute atomic E-state index is 10.5. The molecular weight excluding hydrogens is 345 g/mol. The van der Waals surface area contributed by atoms with Crippen molar-refractivity contribution in [2.24, 2.45) is 10.3 Å². The number of rotatable bonds is 6. The van der Waals surface area contributed by atoms with Gasteiger partial charge in [0.2, 0.25) is 5.71 Å². The van der Waals surface area contributed by atoms with Gasteiger partial charge in [-0.2, -0.15) is 10.0 Å². The van der Waals surface area contributed by atoms with E-state index in [2.05, 4.69) is 21.1 Å². The maximum Gasteiger partial charge on any atom is 0.230 e. The summed E-state index contributed by atoms with van der Waals surface area (Å²) in [5, 5.41) is 18.4. The summed E-state index contributed by atoms with van der Waals surface area (Å²) in [7, 11) is 0. The highest BCUT2D eigenvalue weighted by Crippen LogP contribution is 2.21. The van der Waals surface area contributed by atoms with Gasteiger partial charge in [-0.05, 0) is 5.56 Å². The fourth-order valence-corrected chi connectivity index (χ4v) is 2.36. The van der Waals surface area contributed by atoms with Crippen LogP contribution in [0.4, 0.5) is 0 Å². The Labute approximate surface area is 142 Å². The van der Waals surface area contributed by atoms with Crippen molar-refractivity contribution in [2.75, 3.05) is 6.67 Å². The summed E-state index contributed by atoms with van der Waals surface area (Å²) in [6.07, 6.45) is 7.01. The zero-order chi connectivity index (χ0) is 16.8. The maximum atomic E-state index is 10.5. The molecule has 0 saturated carbocycles. The van der Waals surface area contributed by atoms with Crippen LogP contribution in [0.15, 0.2) is 34.5 Å². The first-order chi connectivity index (χ1) is 11.0. The zero-order valence-electron chi connectivity index (χ0n) is 11.7. The molecule has 120 valence electrons. The van der Waals surface area contributed by atoms with Gasteiger partial charge in [-0.1, -0.05) is 35.9 Å². The van der Waals surface area contributed by atoms with Crippen LogP contribution >= 0.6 is 23.4 Å². The molecule has 2 rings (SSSR count). The van der Waals surface area contributed by atoms with Crippen molar-refractivity contribution >= 4 is 35.4 Å². The number of terminal acetylenes is 1. The van der Waals surface area contributed by atoms with Crippen molar-refractivity contribution in [1.29, 1.82) is 0 Å². The Morgan fingerprint density at radius 3 is 2.96 bits per heavy atom. The van der Waals surface area contributed by atoms with Gasteiger partial charge < -0.3 is 0 Å². The van der Waals surface area contributed by atoms with E-state index in [9.17, 15) is 10.1 Å². The Morgan fingerprint density at radius 1 is 1.61 bits per heavy atom. The molecule has 0 saturated heterocycles. The number of nitrogens with zero attached hydrogens (tertiary/aromatic N) is 5. The third kappa shape index (κ3) is 4.25. The number of hydrogen-bond donors (Lipinski definition) is 0. The third-order valence-electron chi connectivity index (χ3n) is 2.88. The molecule has 0 aromatic heterocycles. The van der Waals surface area contributed by atoms with Crippen LogP contribution in [0.1, 0.15) is 11.1 Å². The smallest absolute Gasteiger partial charge is 0.230 e. The summed E-state index contributed by atoms with van der Waals surface area (Å²) < 4.78 is 1.27. The molecule has 23 heavy (non-hydrogen) atoms. The first-order valence-electron chi connectivity index (χ1n) is 6.31. The van der Waals surface area contributed by atoms with Crippen LogP contribution in [0.25, 0.3) is 0 Å². The van der Waals surface area contributed by atoms with Crippen LogP contribution in [0, 0.1) is 22.5 Å². The average molecular weight is 356 g/mol. The van der Waals surface area contributed by atoms with Crippen LogP contribution in [-0.2, 0) is 11.4 Å². The summed E-state index contributed by atoms with van der Waals surface area (Å²) in [5.74, 6) is 2.51. The second-order valence-electron chi connectivity index (χ2n) is 4.37. The van der Waals surface area contributed by atoms with Crippen molar-refractivity contribution in [3.63, 3.8) is 0 Å². The van der Waals surface area contributed by atoms with Crippen molar-refractivity contribution in [3.05, 3.63) is 45.5 Å². The van der Waals surface area contributed by atoms with Crippen molar-refractivity contribution in [1.82, 2.24) is 9.43 Å². The lowest BCUT2D eigenvalue weighted by Gasteiger charge is -2.20. The lowest BCUT2D eigenvalue weighted by molar-refractivity contribution is -0.760. The SMILES string of the molecule is C#CCc1ccccc1C(=NO[N+](=O)[O-])C(Cl)N1CN(Cl)C=N1. The Hall–Kier alpha value is -2.50. The molecule has 0 N–H and O–H groups in total. The molecule has 0 radical (unpaired) electrons. The minimum atomic E-state index is -1.03. The van der Waals surface area contributed by atoms with Gasteiger partial charge in [0.15, 0.2) is 10.6 Å². The van der Waals surface area contributed by atoms with E-state index in [4.69, 9.17) is 29.8 Å². The Bertz CT molecular complexity index is 688. The second-order valence-corrected chi connectivity index (χ2v) is 5.21. The fourth-order valence-electron chi connectivity index (χ4n) is 1.94. The van der Waals surface area contributed by atoms with E-state index in [0.717, 1.165) is 5.56 Å². The molecule has 10 heteroatoms. The largest absolute Gasteiger partial charge is 0.252 e. The molecule has 8 nitrogen and oxygen atoms in total. The van der Waals surface area contributed by atoms with Gasteiger partial charge in [0.05, 0.1) is 5.16 Å². The predicted molar refractivity (Wildman–Crippen MR) is 86.1 cm³/mol. The molecule has 0 amide bonds. The molecule has 1 aromatic carbocycles. The number of benzene rings is 1. The predicted octanol–water partition coefficient (Wildman–Crippen LogP) is 2.01. The van der Waals surface area contributed by atoms with Crippen LogP contribution in [-0.4, -0.2) is 38.7 Å². The Balaban J connectivity index is 2.39. The first-order valence-corrected chi connectivity index (χ1v) is 7.08. The molecule has 0 aliphatic carbocycles. The number of hydrazone groups is 1. The fraction of sp³-hybridized carbons (Fsp3) is 0.231. The highest BCUT2D eigenvalue weighted by molar-refractivity contribution is 6.35. The van der Waals surface area contributed by atoms with Crippen molar-refractivity contribution in [3.8, 4) is 12.3 Å². The van der Waals surface area contributed by atoms with Gasteiger partial charge in [-0.25, -0.2) is 15.1 Å². The lowest BCUT2D eigenvalue weighted by atomic mass is 10.0. The average Bonchev–Trinajstić information content (AvgIpc) is 2.95. The summed E-state index contributed by atoms with van der Waals surface area (Å²) >= 11 is 12.1. The van der Waals surface area contributed by atoms with E-state index < -0.39 is 10.6 Å². The van der Waals surface area contributed by atoms with Crippen LogP contribution in [0.3, 0.4) is 0 Å². The zero-order valence-corrected chi connectivity index (χ0v) is 13.2. The molecule has 0 bridgehead atoms. The summed E-state index contributed by atoms with van der Waals surface area (Å²) in [6.45, 7) is 0.185. The van der Waals surface area contributed by atoms with Gasteiger partial charge >= 0.3 is 0 Å². The van der Waals surface area contributed by atoms with Gasteiger partial charge in [0.25, 0.3) is 0 Å². The quantitative estimate of drug-likeness (QED) is 0.148. The second kappa shape index (κ2) is 7.67. The monoisotopic (exact) mass is 355 g/mol. The number of alkyl halides is 1. The summed E-state index contributed by atoms with van der Waals surface area (Å²) in [5.41, 5.74) is 0.444. The number of halogens is 2. The Morgan fingerprint density at radius 2 is 2.35 bits per heavy atom. The van der Waals surface area contributed by atoms with Crippen molar-refractivity contribution < 1.29 is 10.0 Å². The minimum Gasteiger partial charge on any atom is -0.252 e. The normalized spacial score (nSPS) is 15.4. The molecule has 0 fully saturated rings. The molecule has 0 spiro atoms. The van der Waals surface area contributed by atoms with Gasteiger partial charge in [0, 0.05) is 23.8 Å².